The maximum absolute atomic E-state index is 13.8. The lowest BCUT2D eigenvalue weighted by molar-refractivity contribution is -0.140. The molecule has 1 amide bonds. The molecule has 0 bridgehead atoms. The van der Waals surface area contributed by atoms with Gasteiger partial charge < -0.3 is 5.32 Å². The minimum Gasteiger partial charge on any atom is -0.319 e. The molecule has 0 radical (unpaired) electrons. The molecule has 33 heavy (non-hydrogen) atoms. The number of alkyl halides is 3. The number of hydrogen-bond acceptors (Lipinski definition) is 4. The summed E-state index contributed by atoms with van der Waals surface area (Å²) in [4.78, 5) is 12.5. The van der Waals surface area contributed by atoms with Crippen molar-refractivity contribution in [2.24, 2.45) is 7.05 Å². The molecule has 3 aromatic heterocycles. The normalized spacial score (nSPS) is 12.0. The third-order valence-corrected chi connectivity index (χ3v) is 5.72. The summed E-state index contributed by atoms with van der Waals surface area (Å²) < 4.78 is 109. The van der Waals surface area contributed by atoms with Gasteiger partial charge in [0, 0.05) is 18.6 Å². The van der Waals surface area contributed by atoms with Crippen molar-refractivity contribution in [3.63, 3.8) is 0 Å². The number of benzene rings is 1. The van der Waals surface area contributed by atoms with Crippen LogP contribution in [0.15, 0.2) is 18.5 Å². The summed E-state index contributed by atoms with van der Waals surface area (Å²) in [5.41, 5.74) is -2.31. The minimum atomic E-state index is -4.72. The van der Waals surface area contributed by atoms with Crippen LogP contribution in [0.5, 0.6) is 0 Å². The highest BCUT2D eigenvalue weighted by Crippen LogP contribution is 2.37. The summed E-state index contributed by atoms with van der Waals surface area (Å²) in [6, 6.07) is 1.02. The topological polar surface area (TPSA) is 64.7 Å². The van der Waals surface area contributed by atoms with Crippen molar-refractivity contribution in [2.75, 3.05) is 5.32 Å². The second-order valence-corrected chi connectivity index (χ2v) is 7.76. The lowest BCUT2D eigenvalue weighted by Gasteiger charge is -2.08. The third-order valence-electron chi connectivity index (χ3n) is 4.52. The molecular formula is C18H9F8N5OS. The van der Waals surface area contributed by atoms with E-state index in [4.69, 9.17) is 0 Å². The fourth-order valence-corrected chi connectivity index (χ4v) is 3.99. The summed E-state index contributed by atoms with van der Waals surface area (Å²) in [5.74, 6) is -11.4. The number of fused-ring (bicyclic) bond motifs is 1. The molecule has 0 fully saturated rings. The molecule has 0 aliphatic carbocycles. The van der Waals surface area contributed by atoms with Crippen LogP contribution in [-0.4, -0.2) is 25.5 Å². The van der Waals surface area contributed by atoms with Crippen molar-refractivity contribution in [3.8, 4) is 0 Å². The zero-order valence-corrected chi connectivity index (χ0v) is 16.9. The van der Waals surface area contributed by atoms with Gasteiger partial charge in [0.15, 0.2) is 29.0 Å². The maximum Gasteiger partial charge on any atom is 0.435 e. The van der Waals surface area contributed by atoms with Crippen LogP contribution in [0.25, 0.3) is 10.2 Å². The molecule has 0 aliphatic heterocycles. The number of carbonyl (C=O) groups is 1. The summed E-state index contributed by atoms with van der Waals surface area (Å²) >= 11 is 0.749. The number of aryl methyl sites for hydroxylation is 1. The number of anilines is 1. The van der Waals surface area contributed by atoms with Crippen LogP contribution in [0.4, 0.5) is 40.8 Å². The molecule has 174 valence electrons. The van der Waals surface area contributed by atoms with Crippen LogP contribution in [-0.2, 0) is 19.8 Å². The Morgan fingerprint density at radius 3 is 2.27 bits per heavy atom. The van der Waals surface area contributed by atoms with E-state index in [1.807, 2.05) is 0 Å². The van der Waals surface area contributed by atoms with Crippen LogP contribution >= 0.6 is 11.3 Å². The van der Waals surface area contributed by atoms with Crippen molar-refractivity contribution >= 4 is 33.1 Å². The van der Waals surface area contributed by atoms with Crippen LogP contribution in [0.2, 0.25) is 0 Å². The van der Waals surface area contributed by atoms with Crippen LogP contribution < -0.4 is 5.32 Å². The van der Waals surface area contributed by atoms with E-state index < -0.39 is 59.0 Å². The second kappa shape index (κ2) is 7.83. The van der Waals surface area contributed by atoms with E-state index in [0.717, 1.165) is 39.2 Å². The quantitative estimate of drug-likeness (QED) is 0.250. The number of hydrogen-bond donors (Lipinski definition) is 1. The fraction of sp³-hybridized carbons (Fsp3) is 0.167. The molecule has 15 heteroatoms. The van der Waals surface area contributed by atoms with Gasteiger partial charge in [-0.25, -0.2) is 22.0 Å². The highest BCUT2D eigenvalue weighted by atomic mass is 32.1. The van der Waals surface area contributed by atoms with Crippen molar-refractivity contribution < 1.29 is 39.9 Å². The number of amides is 1. The standard InChI is InChI=1S/C18H9F8N5OS/c1-30-17-7(15(29-30)18(24,25)26)2-9(33-17)16(32)28-6-3-27-31(4-6)5-8-10(19)12(21)14(23)13(22)11(8)20/h2-4H,5H2,1H3,(H,28,32). The van der Waals surface area contributed by atoms with Crippen molar-refractivity contribution in [1.29, 1.82) is 0 Å². The average molecular weight is 495 g/mol. The zero-order valence-electron chi connectivity index (χ0n) is 16.1. The Kier molecular flexibility index (Phi) is 5.38. The molecule has 0 spiro atoms. The Hall–Kier alpha value is -3.49. The van der Waals surface area contributed by atoms with Gasteiger partial charge in [0.05, 0.1) is 28.9 Å². The van der Waals surface area contributed by atoms with Crippen molar-refractivity contribution in [1.82, 2.24) is 19.6 Å². The first-order chi connectivity index (χ1) is 15.4. The Labute approximate surface area is 182 Å². The minimum absolute atomic E-state index is 0.0319. The highest BCUT2D eigenvalue weighted by molar-refractivity contribution is 7.20. The SMILES string of the molecule is Cn1nc(C(F)(F)F)c2cc(C(=O)Nc3cnn(Cc4c(F)c(F)c(F)c(F)c4F)c3)sc21. The third kappa shape index (κ3) is 3.92. The molecule has 4 rings (SSSR count). The van der Waals surface area contributed by atoms with Gasteiger partial charge in [0.2, 0.25) is 5.82 Å². The van der Waals surface area contributed by atoms with Gasteiger partial charge in [-0.1, -0.05) is 0 Å². The van der Waals surface area contributed by atoms with E-state index in [9.17, 15) is 39.9 Å². The molecule has 0 saturated heterocycles. The van der Waals surface area contributed by atoms with Gasteiger partial charge in [0.25, 0.3) is 5.91 Å². The lowest BCUT2D eigenvalue weighted by atomic mass is 10.1. The second-order valence-electron chi connectivity index (χ2n) is 6.73. The van der Waals surface area contributed by atoms with E-state index in [0.29, 0.717) is 0 Å². The van der Waals surface area contributed by atoms with Crippen LogP contribution in [0.3, 0.4) is 0 Å². The Morgan fingerprint density at radius 1 is 1.06 bits per heavy atom. The number of nitrogens with zero attached hydrogens (tertiary/aromatic N) is 4. The first kappa shape index (κ1) is 22.7. The molecule has 0 saturated carbocycles. The van der Waals surface area contributed by atoms with Gasteiger partial charge in [-0.2, -0.15) is 23.4 Å². The molecule has 0 unspecified atom stereocenters. The van der Waals surface area contributed by atoms with Gasteiger partial charge >= 0.3 is 6.18 Å². The Morgan fingerprint density at radius 2 is 1.67 bits per heavy atom. The summed E-state index contributed by atoms with van der Waals surface area (Å²) in [5, 5.41) is 9.16. The monoisotopic (exact) mass is 495 g/mol. The largest absolute Gasteiger partial charge is 0.435 e. The fourth-order valence-electron chi connectivity index (χ4n) is 3.02. The number of thiophene rings is 1. The maximum atomic E-state index is 13.8. The van der Waals surface area contributed by atoms with E-state index in [1.54, 1.807) is 0 Å². The first-order valence-corrected chi connectivity index (χ1v) is 9.58. The number of carbonyl (C=O) groups excluding carboxylic acids is 1. The number of rotatable bonds is 4. The van der Waals surface area contributed by atoms with Crippen LogP contribution in [0, 0.1) is 29.1 Å². The average Bonchev–Trinajstić information content (AvgIpc) is 3.44. The Balaban J connectivity index is 1.56. The molecular weight excluding hydrogens is 486 g/mol. The van der Waals surface area contributed by atoms with E-state index in [-0.39, 0.29) is 20.8 Å². The van der Waals surface area contributed by atoms with Gasteiger partial charge in [-0.05, 0) is 6.07 Å². The number of halogens is 8. The molecule has 0 atom stereocenters. The molecule has 0 aliphatic rings. The van der Waals surface area contributed by atoms with Crippen molar-refractivity contribution in [3.05, 3.63) is 63.7 Å². The molecule has 4 aromatic rings. The Bertz CT molecular complexity index is 1370. The first-order valence-electron chi connectivity index (χ1n) is 8.76. The smallest absolute Gasteiger partial charge is 0.319 e. The van der Waals surface area contributed by atoms with Gasteiger partial charge in [0.1, 0.15) is 4.83 Å². The zero-order chi connectivity index (χ0) is 24.2. The van der Waals surface area contributed by atoms with E-state index >= 15 is 0 Å². The van der Waals surface area contributed by atoms with Gasteiger partial charge in [-0.3, -0.25) is 14.2 Å². The molecule has 1 N–H and O–H groups in total. The number of nitrogens with one attached hydrogen (secondary N) is 1. The van der Waals surface area contributed by atoms with Crippen LogP contribution in [0.1, 0.15) is 20.9 Å². The van der Waals surface area contributed by atoms with E-state index in [2.05, 4.69) is 15.5 Å². The van der Waals surface area contributed by atoms with E-state index in [1.165, 1.54) is 7.05 Å². The highest BCUT2D eigenvalue weighted by Gasteiger charge is 2.37. The molecule has 1 aromatic carbocycles. The summed E-state index contributed by atoms with van der Waals surface area (Å²) in [7, 11) is 1.29. The van der Waals surface area contributed by atoms with Crippen molar-refractivity contribution in [2.45, 2.75) is 12.7 Å². The summed E-state index contributed by atoms with van der Waals surface area (Å²) in [6.45, 7) is -0.842. The summed E-state index contributed by atoms with van der Waals surface area (Å²) in [6.07, 6.45) is -2.65. The molecule has 3 heterocycles. The predicted octanol–water partition coefficient (Wildman–Crippen LogP) is 4.85. The predicted molar refractivity (Wildman–Crippen MR) is 99.1 cm³/mol. The van der Waals surface area contributed by atoms with Gasteiger partial charge in [-0.15, -0.1) is 11.3 Å². The lowest BCUT2D eigenvalue weighted by Crippen LogP contribution is -2.12. The molecule has 6 nitrogen and oxygen atoms in total. The number of aromatic nitrogens is 4.